The van der Waals surface area contributed by atoms with Crippen LogP contribution in [0.5, 0.6) is 0 Å². The molecular weight excluding hydrogens is 216 g/mol. The van der Waals surface area contributed by atoms with Crippen LogP contribution in [0, 0.1) is 5.92 Å². The summed E-state index contributed by atoms with van der Waals surface area (Å²) in [6.07, 6.45) is 5.12. The standard InChI is InChI=1S/C14H24O3/c1-6-7-8-9-10-12(11(2)15)13(16)17-14(3,4)5/h6,12H,1,7-10H2,2-5H3. The first-order chi connectivity index (χ1) is 7.78. The van der Waals surface area contributed by atoms with Gasteiger partial charge in [-0.2, -0.15) is 0 Å². The third-order valence-electron chi connectivity index (χ3n) is 2.33. The normalized spacial score (nSPS) is 12.9. The van der Waals surface area contributed by atoms with Gasteiger partial charge >= 0.3 is 5.97 Å². The molecular formula is C14H24O3. The van der Waals surface area contributed by atoms with Crippen molar-refractivity contribution in [3.8, 4) is 0 Å². The van der Waals surface area contributed by atoms with Gasteiger partial charge < -0.3 is 4.74 Å². The van der Waals surface area contributed by atoms with Crippen molar-refractivity contribution < 1.29 is 14.3 Å². The predicted molar refractivity (Wildman–Crippen MR) is 68.7 cm³/mol. The van der Waals surface area contributed by atoms with Crippen LogP contribution in [-0.4, -0.2) is 17.4 Å². The van der Waals surface area contributed by atoms with Crippen LogP contribution in [0.1, 0.15) is 53.4 Å². The topological polar surface area (TPSA) is 43.4 Å². The molecule has 0 spiro atoms. The van der Waals surface area contributed by atoms with E-state index in [9.17, 15) is 9.59 Å². The second kappa shape index (κ2) is 7.25. The number of Topliss-reactive ketones (excluding diaryl/α,β-unsaturated/α-hetero) is 1. The average molecular weight is 240 g/mol. The van der Waals surface area contributed by atoms with Crippen LogP contribution in [0.25, 0.3) is 0 Å². The van der Waals surface area contributed by atoms with Gasteiger partial charge in [0.1, 0.15) is 17.3 Å². The Bertz CT molecular complexity index is 274. The highest BCUT2D eigenvalue weighted by Crippen LogP contribution is 2.17. The van der Waals surface area contributed by atoms with Gasteiger partial charge in [0, 0.05) is 0 Å². The number of carbonyl (C=O) groups is 2. The molecule has 0 aliphatic rings. The van der Waals surface area contributed by atoms with Crippen molar-refractivity contribution in [1.82, 2.24) is 0 Å². The maximum atomic E-state index is 11.8. The first-order valence-electron chi connectivity index (χ1n) is 6.12. The molecule has 3 heteroatoms. The number of unbranched alkanes of at least 4 members (excludes halogenated alkanes) is 2. The van der Waals surface area contributed by atoms with Gasteiger partial charge in [-0.15, -0.1) is 6.58 Å². The molecule has 0 amide bonds. The van der Waals surface area contributed by atoms with Crippen LogP contribution in [0.4, 0.5) is 0 Å². The number of allylic oxidation sites excluding steroid dienone is 1. The highest BCUT2D eigenvalue weighted by atomic mass is 16.6. The Labute approximate surface area is 104 Å². The lowest BCUT2D eigenvalue weighted by Gasteiger charge is -2.22. The number of ether oxygens (including phenoxy) is 1. The zero-order valence-electron chi connectivity index (χ0n) is 11.4. The minimum absolute atomic E-state index is 0.113. The largest absolute Gasteiger partial charge is 0.459 e. The first-order valence-corrected chi connectivity index (χ1v) is 6.12. The molecule has 17 heavy (non-hydrogen) atoms. The van der Waals surface area contributed by atoms with Crippen LogP contribution < -0.4 is 0 Å². The van der Waals surface area contributed by atoms with Gasteiger partial charge in [0.05, 0.1) is 0 Å². The summed E-state index contributed by atoms with van der Waals surface area (Å²) in [7, 11) is 0. The van der Waals surface area contributed by atoms with E-state index in [4.69, 9.17) is 4.74 Å². The molecule has 0 aromatic rings. The Morgan fingerprint density at radius 1 is 1.29 bits per heavy atom. The van der Waals surface area contributed by atoms with E-state index in [1.54, 1.807) is 20.8 Å². The molecule has 0 aromatic carbocycles. The number of carbonyl (C=O) groups excluding carboxylic acids is 2. The van der Waals surface area contributed by atoms with Crippen LogP contribution >= 0.6 is 0 Å². The van der Waals surface area contributed by atoms with Crippen molar-refractivity contribution in [2.75, 3.05) is 0 Å². The maximum absolute atomic E-state index is 11.8. The number of ketones is 1. The maximum Gasteiger partial charge on any atom is 0.316 e. The Kier molecular flexibility index (Phi) is 6.78. The van der Waals surface area contributed by atoms with Gasteiger partial charge in [-0.3, -0.25) is 9.59 Å². The Morgan fingerprint density at radius 2 is 1.88 bits per heavy atom. The molecule has 0 heterocycles. The molecule has 0 fully saturated rings. The van der Waals surface area contributed by atoms with Gasteiger partial charge in [0.2, 0.25) is 0 Å². The molecule has 1 atom stereocenters. The number of rotatable bonds is 7. The van der Waals surface area contributed by atoms with E-state index >= 15 is 0 Å². The summed E-state index contributed by atoms with van der Waals surface area (Å²) in [6, 6.07) is 0. The zero-order valence-corrected chi connectivity index (χ0v) is 11.4. The quantitative estimate of drug-likeness (QED) is 0.297. The summed E-state index contributed by atoms with van der Waals surface area (Å²) in [6.45, 7) is 10.5. The highest BCUT2D eigenvalue weighted by molar-refractivity contribution is 5.97. The van der Waals surface area contributed by atoms with Crippen molar-refractivity contribution in [1.29, 1.82) is 0 Å². The molecule has 3 nitrogen and oxygen atoms in total. The fourth-order valence-corrected chi connectivity index (χ4v) is 1.50. The molecule has 0 radical (unpaired) electrons. The van der Waals surface area contributed by atoms with Crippen LogP contribution in [0.2, 0.25) is 0 Å². The second-order valence-electron chi connectivity index (χ2n) is 5.27. The SMILES string of the molecule is C=CCCCCC(C(C)=O)C(=O)OC(C)(C)C. The molecule has 1 unspecified atom stereocenters. The molecule has 0 N–H and O–H groups in total. The van der Waals surface area contributed by atoms with E-state index in [0.29, 0.717) is 6.42 Å². The van der Waals surface area contributed by atoms with E-state index in [2.05, 4.69) is 6.58 Å². The lowest BCUT2D eigenvalue weighted by molar-refractivity contribution is -0.162. The van der Waals surface area contributed by atoms with Gasteiger partial charge in [0.15, 0.2) is 0 Å². The predicted octanol–water partition coefficient (Wildman–Crippen LogP) is 3.28. The Hall–Kier alpha value is -1.12. The van der Waals surface area contributed by atoms with E-state index < -0.39 is 17.5 Å². The zero-order chi connectivity index (χ0) is 13.5. The van der Waals surface area contributed by atoms with Gasteiger partial charge in [-0.1, -0.05) is 12.5 Å². The fourth-order valence-electron chi connectivity index (χ4n) is 1.50. The van der Waals surface area contributed by atoms with Gasteiger partial charge in [0.25, 0.3) is 0 Å². The van der Waals surface area contributed by atoms with Crippen LogP contribution in [-0.2, 0) is 14.3 Å². The summed E-state index contributed by atoms with van der Waals surface area (Å²) in [5, 5.41) is 0. The molecule has 0 saturated heterocycles. The summed E-state index contributed by atoms with van der Waals surface area (Å²) in [5.74, 6) is -1.12. The Balaban J connectivity index is 4.27. The smallest absolute Gasteiger partial charge is 0.316 e. The van der Waals surface area contributed by atoms with Gasteiger partial charge in [-0.25, -0.2) is 0 Å². The second-order valence-corrected chi connectivity index (χ2v) is 5.27. The Morgan fingerprint density at radius 3 is 2.29 bits per heavy atom. The minimum Gasteiger partial charge on any atom is -0.459 e. The number of esters is 1. The molecule has 0 aliphatic heterocycles. The third-order valence-corrected chi connectivity index (χ3v) is 2.33. The average Bonchev–Trinajstić information content (AvgIpc) is 2.14. The molecule has 0 aliphatic carbocycles. The summed E-state index contributed by atoms with van der Waals surface area (Å²) >= 11 is 0. The van der Waals surface area contributed by atoms with Crippen molar-refractivity contribution >= 4 is 11.8 Å². The molecule has 98 valence electrons. The van der Waals surface area contributed by atoms with Crippen LogP contribution in [0.15, 0.2) is 12.7 Å². The summed E-state index contributed by atoms with van der Waals surface area (Å²) in [5.41, 5.74) is -0.536. The highest BCUT2D eigenvalue weighted by Gasteiger charge is 2.27. The molecule has 0 bridgehead atoms. The molecule has 0 rings (SSSR count). The molecule has 0 aromatic heterocycles. The van der Waals surface area contributed by atoms with Crippen LogP contribution in [0.3, 0.4) is 0 Å². The van der Waals surface area contributed by atoms with Crippen molar-refractivity contribution in [2.24, 2.45) is 5.92 Å². The van der Waals surface area contributed by atoms with E-state index in [-0.39, 0.29) is 5.78 Å². The monoisotopic (exact) mass is 240 g/mol. The number of hydrogen-bond acceptors (Lipinski definition) is 3. The van der Waals surface area contributed by atoms with Gasteiger partial charge in [-0.05, 0) is 47.0 Å². The van der Waals surface area contributed by atoms with Crippen molar-refractivity contribution in [3.05, 3.63) is 12.7 Å². The fraction of sp³-hybridized carbons (Fsp3) is 0.714. The van der Waals surface area contributed by atoms with Crippen molar-refractivity contribution in [2.45, 2.75) is 59.0 Å². The number of hydrogen-bond donors (Lipinski definition) is 0. The summed E-state index contributed by atoms with van der Waals surface area (Å²) < 4.78 is 5.24. The summed E-state index contributed by atoms with van der Waals surface area (Å²) in [4.78, 5) is 23.2. The van der Waals surface area contributed by atoms with Crippen molar-refractivity contribution in [3.63, 3.8) is 0 Å². The minimum atomic E-state index is -0.612. The van der Waals surface area contributed by atoms with E-state index in [0.717, 1.165) is 19.3 Å². The van der Waals surface area contributed by atoms with E-state index in [1.165, 1.54) is 6.92 Å². The lowest BCUT2D eigenvalue weighted by atomic mass is 9.97. The molecule has 0 saturated carbocycles. The third kappa shape index (κ3) is 7.72. The first kappa shape index (κ1) is 15.9. The lowest BCUT2D eigenvalue weighted by Crippen LogP contribution is -2.31. The van der Waals surface area contributed by atoms with E-state index in [1.807, 2.05) is 6.08 Å².